The Morgan fingerprint density at radius 3 is 2.37 bits per heavy atom. The third kappa shape index (κ3) is 7.01. The third-order valence-electron chi connectivity index (χ3n) is 4.87. The highest BCUT2D eigenvalue weighted by Crippen LogP contribution is 2.26. The van der Waals surface area contributed by atoms with Gasteiger partial charge in [0.05, 0.1) is 10.6 Å². The molecule has 0 unspecified atom stereocenters. The maximum absolute atomic E-state index is 12.6. The maximum Gasteiger partial charge on any atom is 0.257 e. The van der Waals surface area contributed by atoms with Crippen molar-refractivity contribution in [2.75, 3.05) is 29.5 Å². The minimum Gasteiger partial charge on any atom is -0.325 e. The van der Waals surface area contributed by atoms with E-state index in [4.69, 9.17) is 11.6 Å². The molecule has 0 aliphatic carbocycles. The largest absolute Gasteiger partial charge is 0.325 e. The van der Waals surface area contributed by atoms with Crippen LogP contribution in [0.2, 0.25) is 5.02 Å². The zero-order chi connectivity index (χ0) is 25.6. The van der Waals surface area contributed by atoms with E-state index in [1.165, 1.54) is 40.3 Å². The molecule has 186 valence electrons. The van der Waals surface area contributed by atoms with Gasteiger partial charge in [-0.3, -0.25) is 14.9 Å². The smallest absolute Gasteiger partial charge is 0.257 e. The molecule has 2 amide bonds. The highest BCUT2D eigenvalue weighted by molar-refractivity contribution is 8.01. The number of carbonyl (C=O) groups excluding carboxylic acids is 2. The van der Waals surface area contributed by atoms with Crippen LogP contribution in [0, 0.1) is 6.92 Å². The number of aryl methyl sites for hydroxylation is 1. The molecule has 0 bridgehead atoms. The summed E-state index contributed by atoms with van der Waals surface area (Å²) in [6, 6.07) is 11.0. The lowest BCUT2D eigenvalue weighted by atomic mass is 10.2. The highest BCUT2D eigenvalue weighted by atomic mass is 35.5. The number of aromatic nitrogens is 2. The molecule has 0 saturated carbocycles. The lowest BCUT2D eigenvalue weighted by Crippen LogP contribution is -2.30. The van der Waals surface area contributed by atoms with Crippen molar-refractivity contribution < 1.29 is 18.0 Å². The summed E-state index contributed by atoms with van der Waals surface area (Å²) in [6.45, 7) is 6.14. The number of nitrogens with zero attached hydrogens (tertiary/aromatic N) is 3. The third-order valence-corrected chi connectivity index (χ3v) is 9.31. The van der Waals surface area contributed by atoms with Crippen molar-refractivity contribution in [1.82, 2.24) is 14.5 Å². The first kappa shape index (κ1) is 27.1. The molecule has 1 heterocycles. The molecule has 13 heteroatoms. The average molecular weight is 554 g/mol. The Morgan fingerprint density at radius 1 is 1.06 bits per heavy atom. The summed E-state index contributed by atoms with van der Waals surface area (Å²) in [4.78, 5) is 24.9. The van der Waals surface area contributed by atoms with Gasteiger partial charge in [0.25, 0.3) is 5.91 Å². The Labute approximate surface area is 217 Å². The Kier molecular flexibility index (Phi) is 9.25. The predicted octanol–water partition coefficient (Wildman–Crippen LogP) is 4.51. The molecule has 0 saturated heterocycles. The van der Waals surface area contributed by atoms with Crippen molar-refractivity contribution in [2.45, 2.75) is 30.0 Å². The molecular formula is C22H24ClN5O4S3. The molecule has 2 aromatic carbocycles. The van der Waals surface area contributed by atoms with Gasteiger partial charge in [-0.15, -0.1) is 10.2 Å². The number of amides is 2. The Bertz CT molecular complexity index is 1310. The van der Waals surface area contributed by atoms with Crippen LogP contribution >= 0.6 is 34.7 Å². The van der Waals surface area contributed by atoms with E-state index in [1.54, 1.807) is 26.0 Å². The number of rotatable bonds is 10. The molecule has 0 atom stereocenters. The second-order valence-electron chi connectivity index (χ2n) is 7.24. The zero-order valence-corrected chi connectivity index (χ0v) is 22.4. The fraction of sp³-hybridized carbons (Fsp3) is 0.273. The van der Waals surface area contributed by atoms with Gasteiger partial charge >= 0.3 is 0 Å². The van der Waals surface area contributed by atoms with Gasteiger partial charge in [0, 0.05) is 29.4 Å². The molecule has 1 aromatic heterocycles. The molecule has 9 nitrogen and oxygen atoms in total. The number of hydrogen-bond acceptors (Lipinski definition) is 8. The minimum absolute atomic E-state index is 0.108. The van der Waals surface area contributed by atoms with E-state index in [-0.39, 0.29) is 27.3 Å². The van der Waals surface area contributed by atoms with Crippen LogP contribution < -0.4 is 10.6 Å². The van der Waals surface area contributed by atoms with Crippen LogP contribution in [0.3, 0.4) is 0 Å². The summed E-state index contributed by atoms with van der Waals surface area (Å²) in [7, 11) is -3.60. The molecule has 35 heavy (non-hydrogen) atoms. The van der Waals surface area contributed by atoms with Gasteiger partial charge in [-0.2, -0.15) is 4.31 Å². The summed E-state index contributed by atoms with van der Waals surface area (Å²) in [6.07, 6.45) is 0. The lowest BCUT2D eigenvalue weighted by Gasteiger charge is -2.18. The molecule has 0 fully saturated rings. The summed E-state index contributed by atoms with van der Waals surface area (Å²) in [5.41, 5.74) is 1.81. The average Bonchev–Trinajstić information content (AvgIpc) is 3.28. The number of carbonyl (C=O) groups is 2. The Hall–Kier alpha value is -2.51. The van der Waals surface area contributed by atoms with Crippen molar-refractivity contribution in [3.63, 3.8) is 0 Å². The first-order chi connectivity index (χ1) is 16.6. The molecule has 0 aliphatic heterocycles. The van der Waals surface area contributed by atoms with Crippen molar-refractivity contribution in [3.8, 4) is 0 Å². The van der Waals surface area contributed by atoms with Crippen molar-refractivity contribution in [2.24, 2.45) is 0 Å². The van der Waals surface area contributed by atoms with E-state index in [2.05, 4.69) is 20.8 Å². The second-order valence-corrected chi connectivity index (χ2v) is 11.8. The SMILES string of the molecule is CCN(CC)S(=O)(=O)c1ccc(C(=O)Nc2nnc(SCC(=O)Nc3ccc(C)c(Cl)c3)s2)cc1. The summed E-state index contributed by atoms with van der Waals surface area (Å²) in [5, 5.41) is 14.2. The Morgan fingerprint density at radius 2 is 1.74 bits per heavy atom. The van der Waals surface area contributed by atoms with E-state index in [0.717, 1.165) is 16.9 Å². The molecule has 0 aliphatic rings. The van der Waals surface area contributed by atoms with Gasteiger partial charge in [-0.05, 0) is 48.9 Å². The monoisotopic (exact) mass is 553 g/mol. The molecule has 2 N–H and O–H groups in total. The lowest BCUT2D eigenvalue weighted by molar-refractivity contribution is -0.113. The van der Waals surface area contributed by atoms with Crippen molar-refractivity contribution in [3.05, 3.63) is 58.6 Å². The van der Waals surface area contributed by atoms with Crippen LogP contribution in [0.5, 0.6) is 0 Å². The van der Waals surface area contributed by atoms with Crippen LogP contribution in [-0.4, -0.2) is 53.6 Å². The molecular weight excluding hydrogens is 530 g/mol. The van der Waals surface area contributed by atoms with Crippen LogP contribution in [-0.2, 0) is 14.8 Å². The number of anilines is 2. The van der Waals surface area contributed by atoms with Gasteiger partial charge in [-0.1, -0.05) is 54.6 Å². The highest BCUT2D eigenvalue weighted by Gasteiger charge is 2.22. The summed E-state index contributed by atoms with van der Waals surface area (Å²) < 4.78 is 27.0. The fourth-order valence-electron chi connectivity index (χ4n) is 2.97. The van der Waals surface area contributed by atoms with Crippen LogP contribution in [0.4, 0.5) is 10.8 Å². The van der Waals surface area contributed by atoms with E-state index >= 15 is 0 Å². The summed E-state index contributed by atoms with van der Waals surface area (Å²) >= 11 is 8.39. The normalized spacial score (nSPS) is 11.5. The maximum atomic E-state index is 12.6. The first-order valence-corrected chi connectivity index (χ1v) is 14.2. The number of sulfonamides is 1. The molecule has 3 rings (SSSR count). The quantitative estimate of drug-likeness (QED) is 0.280. The molecule has 3 aromatic rings. The fourth-order valence-corrected chi connectivity index (χ4v) is 6.16. The van der Waals surface area contributed by atoms with Crippen molar-refractivity contribution >= 4 is 67.4 Å². The second kappa shape index (κ2) is 12.0. The van der Waals surface area contributed by atoms with Gasteiger partial charge in [-0.25, -0.2) is 8.42 Å². The summed E-state index contributed by atoms with van der Waals surface area (Å²) in [5.74, 6) is -0.565. The first-order valence-electron chi connectivity index (χ1n) is 10.6. The van der Waals surface area contributed by atoms with Crippen molar-refractivity contribution in [1.29, 1.82) is 0 Å². The minimum atomic E-state index is -3.60. The number of thioether (sulfide) groups is 1. The Balaban J connectivity index is 1.55. The number of halogens is 1. The van der Waals surface area contributed by atoms with Crippen LogP contribution in [0.25, 0.3) is 0 Å². The predicted molar refractivity (Wildman–Crippen MR) is 140 cm³/mol. The topological polar surface area (TPSA) is 121 Å². The van der Waals surface area contributed by atoms with E-state index in [0.29, 0.717) is 28.1 Å². The van der Waals surface area contributed by atoms with Gasteiger partial charge in [0.2, 0.25) is 21.1 Å². The standard InChI is InChI=1S/C22H24ClN5O4S3/c1-4-28(5-2)35(31,32)17-10-7-15(8-11-17)20(30)25-21-26-27-22(34-21)33-13-19(29)24-16-9-6-14(3)18(23)12-16/h6-12H,4-5,13H2,1-3H3,(H,24,29)(H,25,26,30). The number of hydrogen-bond donors (Lipinski definition) is 2. The zero-order valence-electron chi connectivity index (χ0n) is 19.2. The molecule has 0 radical (unpaired) electrons. The van der Waals surface area contributed by atoms with Crippen LogP contribution in [0.15, 0.2) is 51.7 Å². The van der Waals surface area contributed by atoms with E-state index in [9.17, 15) is 18.0 Å². The van der Waals surface area contributed by atoms with Gasteiger partial charge < -0.3 is 5.32 Å². The number of benzene rings is 2. The van der Waals surface area contributed by atoms with E-state index < -0.39 is 15.9 Å². The molecule has 0 spiro atoms. The van der Waals surface area contributed by atoms with E-state index in [1.807, 2.05) is 13.0 Å². The van der Waals surface area contributed by atoms with Crippen LogP contribution in [0.1, 0.15) is 29.8 Å². The number of nitrogens with one attached hydrogen (secondary N) is 2. The van der Waals surface area contributed by atoms with Gasteiger partial charge in [0.1, 0.15) is 0 Å². The van der Waals surface area contributed by atoms with Gasteiger partial charge in [0.15, 0.2) is 4.34 Å².